The van der Waals surface area contributed by atoms with Crippen LogP contribution in [0.5, 0.6) is 0 Å². The van der Waals surface area contributed by atoms with E-state index in [1.807, 2.05) is 61.5 Å². The zero-order chi connectivity index (χ0) is 26.2. The second kappa shape index (κ2) is 9.40. The SMILES string of the molecule is CC1=C(C(=O)Nc2ccccc2)C(c2ccc(C#N)cc2)n2nc(-c3ccc(C(C)(C)C)cc3)nc2N1. The van der Waals surface area contributed by atoms with Gasteiger partial charge in [-0.25, -0.2) is 4.68 Å². The molecule has 184 valence electrons. The Kier molecular flexibility index (Phi) is 6.10. The number of aromatic nitrogens is 3. The predicted molar refractivity (Wildman–Crippen MR) is 145 cm³/mol. The van der Waals surface area contributed by atoms with E-state index in [9.17, 15) is 10.1 Å². The molecule has 0 bridgehead atoms. The van der Waals surface area contributed by atoms with E-state index in [1.165, 1.54) is 5.56 Å². The molecule has 5 rings (SSSR count). The zero-order valence-corrected chi connectivity index (χ0v) is 21.3. The summed E-state index contributed by atoms with van der Waals surface area (Å²) in [7, 11) is 0. The molecule has 1 unspecified atom stereocenters. The molecule has 0 fully saturated rings. The van der Waals surface area contributed by atoms with Crippen molar-refractivity contribution in [3.63, 3.8) is 0 Å². The molecule has 0 saturated carbocycles. The van der Waals surface area contributed by atoms with Crippen molar-refractivity contribution in [2.45, 2.75) is 39.2 Å². The van der Waals surface area contributed by atoms with Gasteiger partial charge in [0.2, 0.25) is 5.95 Å². The number of hydrogen-bond acceptors (Lipinski definition) is 5. The number of nitrogens with one attached hydrogen (secondary N) is 2. The van der Waals surface area contributed by atoms with Crippen LogP contribution in [0.3, 0.4) is 0 Å². The molecule has 0 aliphatic carbocycles. The lowest BCUT2D eigenvalue weighted by Gasteiger charge is -2.28. The van der Waals surface area contributed by atoms with Crippen molar-refractivity contribution >= 4 is 17.5 Å². The number of rotatable bonds is 4. The van der Waals surface area contributed by atoms with Crippen molar-refractivity contribution in [3.8, 4) is 17.5 Å². The summed E-state index contributed by atoms with van der Waals surface area (Å²) >= 11 is 0. The highest BCUT2D eigenvalue weighted by atomic mass is 16.1. The fourth-order valence-electron chi connectivity index (χ4n) is 4.45. The Labute approximate surface area is 216 Å². The minimum atomic E-state index is -0.525. The van der Waals surface area contributed by atoms with Crippen LogP contribution < -0.4 is 10.6 Å². The number of amides is 1. The number of nitriles is 1. The molecule has 1 aromatic heterocycles. The Morgan fingerprint density at radius 1 is 1.00 bits per heavy atom. The number of anilines is 2. The normalized spacial score (nSPS) is 14.9. The Hall–Kier alpha value is -4.70. The molecule has 2 heterocycles. The third-order valence-corrected chi connectivity index (χ3v) is 6.49. The molecule has 0 radical (unpaired) electrons. The molecule has 1 aliphatic heterocycles. The van der Waals surface area contributed by atoms with Crippen LogP contribution in [0.25, 0.3) is 11.4 Å². The van der Waals surface area contributed by atoms with Gasteiger partial charge in [0.05, 0.1) is 17.2 Å². The van der Waals surface area contributed by atoms with E-state index in [2.05, 4.69) is 49.6 Å². The first-order valence-electron chi connectivity index (χ1n) is 12.2. The summed E-state index contributed by atoms with van der Waals surface area (Å²) < 4.78 is 1.75. The fraction of sp³-hybridized carbons (Fsp3) is 0.200. The monoisotopic (exact) mass is 488 g/mol. The van der Waals surface area contributed by atoms with Gasteiger partial charge in [-0.15, -0.1) is 5.10 Å². The lowest BCUT2D eigenvalue weighted by Crippen LogP contribution is -2.31. The van der Waals surface area contributed by atoms with Gasteiger partial charge in [-0.2, -0.15) is 10.2 Å². The summed E-state index contributed by atoms with van der Waals surface area (Å²) in [5.74, 6) is 0.889. The molecule has 7 nitrogen and oxygen atoms in total. The maximum absolute atomic E-state index is 13.6. The van der Waals surface area contributed by atoms with Gasteiger partial charge in [0.15, 0.2) is 5.82 Å². The Morgan fingerprint density at radius 3 is 2.30 bits per heavy atom. The molecule has 37 heavy (non-hydrogen) atoms. The number of allylic oxidation sites excluding steroid dienone is 1. The minimum absolute atomic E-state index is 0.0453. The maximum atomic E-state index is 13.6. The molecule has 4 aromatic rings. The van der Waals surface area contributed by atoms with Crippen LogP contribution in [0.1, 0.15) is 50.4 Å². The molecule has 3 aromatic carbocycles. The average Bonchev–Trinajstić information content (AvgIpc) is 3.31. The fourth-order valence-corrected chi connectivity index (χ4v) is 4.45. The van der Waals surface area contributed by atoms with Gasteiger partial charge in [-0.3, -0.25) is 4.79 Å². The summed E-state index contributed by atoms with van der Waals surface area (Å²) in [4.78, 5) is 18.4. The summed E-state index contributed by atoms with van der Waals surface area (Å²) in [6, 6.07) is 26.5. The number of carbonyl (C=O) groups is 1. The van der Waals surface area contributed by atoms with E-state index >= 15 is 0 Å². The highest BCUT2D eigenvalue weighted by molar-refractivity contribution is 6.06. The van der Waals surface area contributed by atoms with E-state index in [0.29, 0.717) is 34.3 Å². The van der Waals surface area contributed by atoms with Crippen LogP contribution in [0.4, 0.5) is 11.6 Å². The minimum Gasteiger partial charge on any atom is -0.328 e. The highest BCUT2D eigenvalue weighted by Crippen LogP contribution is 2.37. The first-order chi connectivity index (χ1) is 17.7. The van der Waals surface area contributed by atoms with Gasteiger partial charge in [-0.1, -0.05) is 75.4 Å². The quantitative estimate of drug-likeness (QED) is 0.365. The first-order valence-corrected chi connectivity index (χ1v) is 12.2. The van der Waals surface area contributed by atoms with Gasteiger partial charge >= 0.3 is 0 Å². The third kappa shape index (κ3) is 4.74. The van der Waals surface area contributed by atoms with Crippen molar-refractivity contribution in [1.82, 2.24) is 14.8 Å². The Balaban J connectivity index is 1.57. The molecule has 1 amide bonds. The molecular formula is C30H28N6O. The smallest absolute Gasteiger partial charge is 0.255 e. The second-order valence-corrected chi connectivity index (χ2v) is 10.2. The zero-order valence-electron chi connectivity index (χ0n) is 21.3. The van der Waals surface area contributed by atoms with E-state index in [-0.39, 0.29) is 11.3 Å². The van der Waals surface area contributed by atoms with Gasteiger partial charge < -0.3 is 10.6 Å². The van der Waals surface area contributed by atoms with Gasteiger partial charge in [0.25, 0.3) is 5.91 Å². The number of carbonyl (C=O) groups excluding carboxylic acids is 1. The highest BCUT2D eigenvalue weighted by Gasteiger charge is 2.34. The maximum Gasteiger partial charge on any atom is 0.255 e. The third-order valence-electron chi connectivity index (χ3n) is 6.49. The van der Waals surface area contributed by atoms with Crippen molar-refractivity contribution in [3.05, 3.63) is 107 Å². The van der Waals surface area contributed by atoms with Crippen LogP contribution in [0.15, 0.2) is 90.1 Å². The second-order valence-electron chi connectivity index (χ2n) is 10.2. The van der Waals surface area contributed by atoms with E-state index in [4.69, 9.17) is 10.1 Å². The predicted octanol–water partition coefficient (Wildman–Crippen LogP) is 6.04. The van der Waals surface area contributed by atoms with Gasteiger partial charge in [-0.05, 0) is 47.7 Å². The standard InChI is InChI=1S/C30H28N6O/c1-19-25(28(37)33-24-8-6-5-7-9-24)26(21-12-10-20(18-31)11-13-21)36-29(32-19)34-27(35-36)22-14-16-23(17-15-22)30(2,3)4/h5-17,26H,1-4H3,(H,33,37)(H,32,34,35). The average molecular weight is 489 g/mol. The molecule has 0 spiro atoms. The lowest BCUT2D eigenvalue weighted by molar-refractivity contribution is -0.113. The van der Waals surface area contributed by atoms with Gasteiger partial charge in [0, 0.05) is 16.9 Å². The number of nitrogens with zero attached hydrogens (tertiary/aromatic N) is 4. The van der Waals surface area contributed by atoms with Crippen LogP contribution in [0.2, 0.25) is 0 Å². The van der Waals surface area contributed by atoms with Crippen molar-refractivity contribution in [2.24, 2.45) is 0 Å². The molecule has 2 N–H and O–H groups in total. The van der Waals surface area contributed by atoms with Gasteiger partial charge in [0.1, 0.15) is 6.04 Å². The summed E-state index contributed by atoms with van der Waals surface area (Å²) in [5, 5.41) is 20.4. The first kappa shape index (κ1) is 24.0. The van der Waals surface area contributed by atoms with Crippen LogP contribution in [-0.4, -0.2) is 20.7 Å². The molecule has 0 saturated heterocycles. The van der Waals surface area contributed by atoms with E-state index < -0.39 is 6.04 Å². The van der Waals surface area contributed by atoms with E-state index in [1.54, 1.807) is 16.8 Å². The number of fused-ring (bicyclic) bond motifs is 1. The largest absolute Gasteiger partial charge is 0.328 e. The summed E-state index contributed by atoms with van der Waals surface area (Å²) in [6.07, 6.45) is 0. The molecule has 7 heteroatoms. The number of hydrogen-bond donors (Lipinski definition) is 2. The van der Waals surface area contributed by atoms with Crippen LogP contribution in [-0.2, 0) is 10.2 Å². The number of para-hydroxylation sites is 1. The summed E-state index contributed by atoms with van der Waals surface area (Å²) in [5.41, 5.74) is 5.47. The topological polar surface area (TPSA) is 95.6 Å². The van der Waals surface area contributed by atoms with Crippen molar-refractivity contribution in [1.29, 1.82) is 5.26 Å². The Morgan fingerprint density at radius 2 is 1.68 bits per heavy atom. The summed E-state index contributed by atoms with van der Waals surface area (Å²) in [6.45, 7) is 8.40. The molecule has 1 aliphatic rings. The lowest BCUT2D eigenvalue weighted by atomic mass is 9.87. The molecular weight excluding hydrogens is 460 g/mol. The van der Waals surface area contributed by atoms with E-state index in [0.717, 1.165) is 11.1 Å². The Bertz CT molecular complexity index is 1520. The van der Waals surface area contributed by atoms with Crippen molar-refractivity contribution < 1.29 is 4.79 Å². The number of benzene rings is 3. The van der Waals surface area contributed by atoms with Crippen LogP contribution >= 0.6 is 0 Å². The van der Waals surface area contributed by atoms with Crippen molar-refractivity contribution in [2.75, 3.05) is 10.6 Å². The van der Waals surface area contributed by atoms with Crippen LogP contribution in [0, 0.1) is 11.3 Å². The molecule has 1 atom stereocenters.